The zero-order valence-electron chi connectivity index (χ0n) is 34.9. The smallest absolute Gasteiger partial charge is 0.408 e. The molecule has 17 heteroatoms. The largest absolute Gasteiger partial charge is 0.497 e. The number of thiophene rings is 1. The van der Waals surface area contributed by atoms with Gasteiger partial charge in [0.15, 0.2) is 5.13 Å². The molecule has 3 aliphatic rings. The third-order valence-corrected chi connectivity index (χ3v) is 15.9. The molecular weight excluding hydrogens is 824 g/mol. The van der Waals surface area contributed by atoms with Crippen molar-refractivity contribution in [2.24, 2.45) is 11.3 Å². The van der Waals surface area contributed by atoms with Crippen molar-refractivity contribution in [3.63, 3.8) is 0 Å². The van der Waals surface area contributed by atoms with Crippen LogP contribution in [-0.4, -0.2) is 86.9 Å². The maximum absolute atomic E-state index is 14.9. The second kappa shape index (κ2) is 17.5. The molecule has 4 N–H and O–H groups in total. The number of alkyl carbamates (subject to hydrolysis) is 1. The zero-order chi connectivity index (χ0) is 43.0. The number of nitrogens with one attached hydrogen (secondary N) is 3. The summed E-state index contributed by atoms with van der Waals surface area (Å²) in [4.78, 5) is 66.3. The van der Waals surface area contributed by atoms with Crippen LogP contribution in [0.3, 0.4) is 0 Å². The van der Waals surface area contributed by atoms with E-state index < -0.39 is 60.1 Å². The maximum Gasteiger partial charge on any atom is 0.408 e. The highest BCUT2D eigenvalue weighted by Gasteiger charge is 2.66. The highest BCUT2D eigenvalue weighted by Crippen LogP contribution is 2.71. The van der Waals surface area contributed by atoms with E-state index in [1.54, 1.807) is 19.3 Å². The number of rotatable bonds is 15. The molecule has 3 amide bonds. The van der Waals surface area contributed by atoms with Crippen LogP contribution >= 0.6 is 30.0 Å². The number of carbonyl (C=O) groups excluding carboxylic acids is 3. The number of thiazole rings is 1. The summed E-state index contributed by atoms with van der Waals surface area (Å²) in [6, 6.07) is 8.89. The number of methoxy groups -OCH3 is 1. The van der Waals surface area contributed by atoms with Crippen LogP contribution in [0.25, 0.3) is 22.3 Å². The fourth-order valence-corrected chi connectivity index (χ4v) is 12.5. The van der Waals surface area contributed by atoms with Gasteiger partial charge in [-0.25, -0.2) is 14.8 Å². The van der Waals surface area contributed by atoms with E-state index in [4.69, 9.17) is 24.2 Å². The van der Waals surface area contributed by atoms with Gasteiger partial charge in [-0.15, -0.1) is 29.3 Å². The number of likely N-dealkylation sites (tertiary alicyclic amines) is 1. The van der Waals surface area contributed by atoms with Gasteiger partial charge in [-0.1, -0.05) is 32.9 Å². The number of fused-ring (bicyclic) bond motifs is 1. The Kier molecular flexibility index (Phi) is 12.7. The monoisotopic (exact) mass is 878 g/mol. The van der Waals surface area contributed by atoms with E-state index >= 15 is 0 Å². The summed E-state index contributed by atoms with van der Waals surface area (Å²) in [7, 11) is -2.46. The molecule has 14 nitrogen and oxygen atoms in total. The summed E-state index contributed by atoms with van der Waals surface area (Å²) in [5, 5.41) is 12.9. The van der Waals surface area contributed by atoms with Gasteiger partial charge in [0.05, 0.1) is 31.0 Å². The summed E-state index contributed by atoms with van der Waals surface area (Å²) in [6.45, 7) is 13.5. The molecule has 322 valence electrons. The molecule has 4 heterocycles. The molecule has 1 saturated heterocycles. The highest BCUT2D eigenvalue weighted by atomic mass is 32.1. The van der Waals surface area contributed by atoms with Gasteiger partial charge < -0.3 is 40.0 Å². The Morgan fingerprint density at radius 3 is 2.52 bits per heavy atom. The quantitative estimate of drug-likeness (QED) is 0.0668. The lowest BCUT2D eigenvalue weighted by molar-refractivity contribution is -0.142. The Bertz CT molecular complexity index is 2270. The molecular formula is C43H55N6O8PS2. The van der Waals surface area contributed by atoms with E-state index in [0.29, 0.717) is 33.8 Å². The van der Waals surface area contributed by atoms with E-state index in [1.165, 1.54) is 27.6 Å². The molecule has 0 radical (unpaired) electrons. The van der Waals surface area contributed by atoms with Gasteiger partial charge in [0.1, 0.15) is 46.8 Å². The average Bonchev–Trinajstić information content (AvgIpc) is 3.81. The Hall–Kier alpha value is -4.50. The van der Waals surface area contributed by atoms with Gasteiger partial charge in [0.25, 0.3) is 0 Å². The zero-order valence-corrected chi connectivity index (χ0v) is 37.5. The van der Waals surface area contributed by atoms with Crippen LogP contribution in [0.15, 0.2) is 59.8 Å². The first-order valence-electron chi connectivity index (χ1n) is 20.4. The number of ether oxygens (including phenoxy) is 3. The van der Waals surface area contributed by atoms with Crippen molar-refractivity contribution in [1.29, 1.82) is 0 Å². The van der Waals surface area contributed by atoms with Crippen LogP contribution in [0.2, 0.25) is 0 Å². The Labute approximate surface area is 358 Å². The van der Waals surface area contributed by atoms with E-state index in [0.717, 1.165) is 35.7 Å². The van der Waals surface area contributed by atoms with E-state index in [9.17, 15) is 23.8 Å². The number of hydrogen-bond donors (Lipinski definition) is 4. The lowest BCUT2D eigenvalue weighted by atomic mass is 9.85. The fourth-order valence-electron chi connectivity index (χ4n) is 8.15. The second-order valence-electron chi connectivity index (χ2n) is 17.4. The van der Waals surface area contributed by atoms with Gasteiger partial charge >= 0.3 is 6.09 Å². The third-order valence-electron chi connectivity index (χ3n) is 11.4. The molecule has 0 bridgehead atoms. The molecule has 1 aromatic carbocycles. The van der Waals surface area contributed by atoms with Crippen LogP contribution in [0.4, 0.5) is 9.93 Å². The molecule has 60 heavy (non-hydrogen) atoms. The van der Waals surface area contributed by atoms with Crippen LogP contribution in [-0.2, 0) is 25.1 Å². The molecule has 6 atom stereocenters. The first-order chi connectivity index (χ1) is 28.5. The average molecular weight is 879 g/mol. The third kappa shape index (κ3) is 9.36. The predicted molar refractivity (Wildman–Crippen MR) is 235 cm³/mol. The standard InChI is InChI=1S/C43H55N6O8PS2/c1-8-26-21-43(26,58(53,54)23-30-14-11-17-59-30)48-38(50)35-19-29(22-49(35)39(51)37(42(4,5)6)47-41(52)57-27-12-9-10-13-27)56-36-20-33(34-24-60-40(46-34)44-25(2)3)45-32-18-28(55-7)15-16-31(32)36/h8,11,14-18,20,24-27,29,35,37H,1,9-10,12-13,19,21-23H2,2-7H3,(H,44,46)(H,47,52)(H,48,50)(H,53,54)/t26-,29-,35+,37?,43+/m1/s1. The molecule has 4 aromatic rings. The molecule has 0 spiro atoms. The Morgan fingerprint density at radius 1 is 1.10 bits per heavy atom. The number of nitrogens with zero attached hydrogens (tertiary/aromatic N) is 3. The molecule has 1 aliphatic heterocycles. The molecule has 7 rings (SSSR count). The second-order valence-corrected chi connectivity index (χ2v) is 21.8. The number of anilines is 1. The van der Waals surface area contributed by atoms with Crippen molar-refractivity contribution in [2.45, 2.75) is 115 Å². The van der Waals surface area contributed by atoms with Crippen molar-refractivity contribution < 1.29 is 38.1 Å². The predicted octanol–water partition coefficient (Wildman–Crippen LogP) is 8.17. The highest BCUT2D eigenvalue weighted by molar-refractivity contribution is 7.59. The molecule has 2 aliphatic carbocycles. The summed E-state index contributed by atoms with van der Waals surface area (Å²) < 4.78 is 32.2. The van der Waals surface area contributed by atoms with Crippen LogP contribution < -0.4 is 25.4 Å². The summed E-state index contributed by atoms with van der Waals surface area (Å²) in [5.74, 6) is -0.449. The van der Waals surface area contributed by atoms with Gasteiger partial charge in [0, 0.05) is 46.2 Å². The molecule has 3 aromatic heterocycles. The number of aromatic nitrogens is 2. The minimum Gasteiger partial charge on any atom is -0.497 e. The van der Waals surface area contributed by atoms with E-state index in [2.05, 4.69) is 22.5 Å². The minimum atomic E-state index is -4.04. The van der Waals surface area contributed by atoms with Gasteiger partial charge in [-0.05, 0) is 74.9 Å². The lowest BCUT2D eigenvalue weighted by Gasteiger charge is -2.36. The van der Waals surface area contributed by atoms with Crippen molar-refractivity contribution in [1.82, 2.24) is 25.5 Å². The van der Waals surface area contributed by atoms with Gasteiger partial charge in [-0.3, -0.25) is 14.2 Å². The van der Waals surface area contributed by atoms with Gasteiger partial charge in [-0.2, -0.15) is 0 Å². The SMILES string of the molecule is C=C[C@@H]1C[C@]1(NC(=O)[C@@H]1C[C@@H](Oc2cc(-c3csc(NC(C)C)n3)nc3cc(OC)ccc23)CN1C(=O)C(NC(=O)OC1CCCC1)C(C)(C)C)P(=O)(O)Cc1cccs1. The number of amides is 3. The van der Waals surface area contributed by atoms with Crippen molar-refractivity contribution in [3.8, 4) is 22.9 Å². The van der Waals surface area contributed by atoms with Gasteiger partial charge in [0.2, 0.25) is 19.2 Å². The topological polar surface area (TPSA) is 181 Å². The Balaban J connectivity index is 1.22. The van der Waals surface area contributed by atoms with Crippen molar-refractivity contribution in [2.75, 3.05) is 19.0 Å². The van der Waals surface area contributed by atoms with Crippen molar-refractivity contribution >= 4 is 64.0 Å². The summed E-state index contributed by atoms with van der Waals surface area (Å²) >= 11 is 2.84. The van der Waals surface area contributed by atoms with E-state index in [-0.39, 0.29) is 37.7 Å². The molecule has 2 unspecified atom stereocenters. The fraction of sp³-hybridized carbons (Fsp3) is 0.512. The van der Waals surface area contributed by atoms with Crippen molar-refractivity contribution in [3.05, 3.63) is 64.7 Å². The number of pyridine rings is 1. The number of hydrogen-bond acceptors (Lipinski definition) is 12. The minimum absolute atomic E-state index is 0.0127. The summed E-state index contributed by atoms with van der Waals surface area (Å²) in [5.41, 5.74) is 1.02. The van der Waals surface area contributed by atoms with Crippen LogP contribution in [0, 0.1) is 11.3 Å². The number of benzene rings is 1. The maximum atomic E-state index is 14.9. The summed E-state index contributed by atoms with van der Waals surface area (Å²) in [6.07, 6.45) is 3.64. The first-order valence-corrected chi connectivity index (χ1v) is 24.0. The van der Waals surface area contributed by atoms with E-state index in [1.807, 2.05) is 75.7 Å². The normalized spacial score (nSPS) is 23.2. The van der Waals surface area contributed by atoms with Crippen LogP contribution in [0.5, 0.6) is 11.5 Å². The number of carbonyl (C=O) groups is 3. The lowest BCUT2D eigenvalue weighted by Crippen LogP contribution is -2.58. The molecule has 2 saturated carbocycles. The Morgan fingerprint density at radius 2 is 1.87 bits per heavy atom. The first kappa shape index (κ1) is 43.6. The molecule has 3 fully saturated rings. The van der Waals surface area contributed by atoms with Crippen LogP contribution in [0.1, 0.15) is 78.0 Å².